The Balaban J connectivity index is 1.74. The first kappa shape index (κ1) is 17.9. The first-order valence-corrected chi connectivity index (χ1v) is 9.30. The molecule has 0 aromatic carbocycles. The van der Waals surface area contributed by atoms with Crippen molar-refractivity contribution in [1.82, 2.24) is 10.4 Å². The third kappa shape index (κ3) is 4.21. The zero-order chi connectivity index (χ0) is 17.9. The molecule has 3 rings (SSSR count). The number of hydrogen-bond acceptors (Lipinski definition) is 3. The van der Waals surface area contributed by atoms with E-state index >= 15 is 0 Å². The van der Waals surface area contributed by atoms with Gasteiger partial charge in [0.25, 0.3) is 5.91 Å². The van der Waals surface area contributed by atoms with Gasteiger partial charge in [0.05, 0.1) is 0 Å². The van der Waals surface area contributed by atoms with E-state index in [4.69, 9.17) is 5.21 Å². The van der Waals surface area contributed by atoms with Crippen molar-refractivity contribution in [2.45, 2.75) is 51.4 Å². The molecule has 136 valence electrons. The van der Waals surface area contributed by atoms with E-state index in [-0.39, 0.29) is 11.3 Å². The lowest BCUT2D eigenvalue weighted by molar-refractivity contribution is -0.128. The smallest absolute Gasteiger partial charge is 0.274 e. The van der Waals surface area contributed by atoms with Crippen LogP contribution in [0.2, 0.25) is 0 Å². The summed E-state index contributed by atoms with van der Waals surface area (Å²) in [5.74, 6) is 0.426. The van der Waals surface area contributed by atoms with Crippen molar-refractivity contribution in [3.63, 3.8) is 0 Å². The summed E-state index contributed by atoms with van der Waals surface area (Å²) >= 11 is 0. The fraction of sp³-hybridized carbons (Fsp3) is 0.600. The number of nitrogens with zero attached hydrogens (tertiary/aromatic N) is 1. The van der Waals surface area contributed by atoms with Gasteiger partial charge in [0, 0.05) is 30.5 Å². The maximum Gasteiger partial charge on any atom is 0.274 e. The number of hydrogen-bond donors (Lipinski definition) is 2. The number of nitrogens with one attached hydrogen (secondary N) is 1. The molecule has 2 fully saturated rings. The maximum atomic E-state index is 12.6. The molecule has 1 aliphatic heterocycles. The predicted molar refractivity (Wildman–Crippen MR) is 95.7 cm³/mol. The van der Waals surface area contributed by atoms with E-state index in [1.807, 2.05) is 6.08 Å². The van der Waals surface area contributed by atoms with Crippen LogP contribution in [0, 0.1) is 11.3 Å². The molecule has 1 atom stereocenters. The molecule has 1 heterocycles. The van der Waals surface area contributed by atoms with E-state index in [1.165, 1.54) is 19.3 Å². The van der Waals surface area contributed by atoms with Crippen LogP contribution in [-0.2, 0) is 9.59 Å². The van der Waals surface area contributed by atoms with Gasteiger partial charge in [0.1, 0.15) is 0 Å². The number of amides is 2. The molecular weight excluding hydrogens is 316 g/mol. The molecule has 2 N–H and O–H groups in total. The molecule has 1 saturated carbocycles. The summed E-state index contributed by atoms with van der Waals surface area (Å²) in [5, 5.41) is 8.89. The van der Waals surface area contributed by atoms with Gasteiger partial charge in [-0.15, -0.1) is 0 Å². The molecule has 2 amide bonds. The third-order valence-corrected chi connectivity index (χ3v) is 5.81. The van der Waals surface area contributed by atoms with Crippen LogP contribution in [0.5, 0.6) is 0 Å². The Kier molecular flexibility index (Phi) is 5.42. The zero-order valence-corrected chi connectivity index (χ0v) is 14.8. The number of hydroxylamine groups is 1. The van der Waals surface area contributed by atoms with Crippen molar-refractivity contribution in [2.75, 3.05) is 13.1 Å². The van der Waals surface area contributed by atoms with Gasteiger partial charge in [-0.05, 0) is 50.5 Å². The highest BCUT2D eigenvalue weighted by molar-refractivity contribution is 5.95. The molecule has 2 aliphatic carbocycles. The van der Waals surface area contributed by atoms with E-state index in [0.29, 0.717) is 17.9 Å². The highest BCUT2D eigenvalue weighted by Crippen LogP contribution is 2.43. The van der Waals surface area contributed by atoms with Crippen LogP contribution in [0.25, 0.3) is 0 Å². The maximum absolute atomic E-state index is 12.6. The second-order valence-electron chi connectivity index (χ2n) is 7.92. The molecule has 0 radical (unpaired) electrons. The molecule has 1 unspecified atom stereocenters. The number of allylic oxidation sites excluding steroid dienone is 3. The number of rotatable bonds is 3. The van der Waals surface area contributed by atoms with Crippen molar-refractivity contribution in [2.24, 2.45) is 11.3 Å². The van der Waals surface area contributed by atoms with E-state index < -0.39 is 5.91 Å². The van der Waals surface area contributed by atoms with Crippen LogP contribution in [0.1, 0.15) is 51.4 Å². The van der Waals surface area contributed by atoms with Crippen molar-refractivity contribution in [1.29, 1.82) is 0 Å². The van der Waals surface area contributed by atoms with E-state index in [1.54, 1.807) is 17.6 Å². The van der Waals surface area contributed by atoms with Crippen LogP contribution in [0.3, 0.4) is 0 Å². The molecule has 3 aliphatic rings. The van der Waals surface area contributed by atoms with Crippen molar-refractivity contribution in [3.05, 3.63) is 36.0 Å². The van der Waals surface area contributed by atoms with Gasteiger partial charge in [-0.3, -0.25) is 14.8 Å². The lowest BCUT2D eigenvalue weighted by atomic mass is 9.76. The Morgan fingerprint density at radius 1 is 1.36 bits per heavy atom. The minimum absolute atomic E-state index is 0.0691. The summed E-state index contributed by atoms with van der Waals surface area (Å²) in [6, 6.07) is 0. The lowest BCUT2D eigenvalue weighted by Crippen LogP contribution is -2.35. The van der Waals surface area contributed by atoms with Crippen LogP contribution in [-0.4, -0.2) is 35.0 Å². The van der Waals surface area contributed by atoms with Gasteiger partial charge >= 0.3 is 0 Å². The minimum atomic E-state index is -0.527. The summed E-state index contributed by atoms with van der Waals surface area (Å²) in [6.07, 6.45) is 13.4. The highest BCUT2D eigenvalue weighted by atomic mass is 16.5. The lowest BCUT2D eigenvalue weighted by Gasteiger charge is -2.33. The summed E-state index contributed by atoms with van der Waals surface area (Å²) in [6.45, 7) is 5.82. The van der Waals surface area contributed by atoms with E-state index in [0.717, 1.165) is 44.3 Å². The normalized spacial score (nSPS) is 31.4. The quantitative estimate of drug-likeness (QED) is 0.610. The van der Waals surface area contributed by atoms with Crippen LogP contribution in [0.15, 0.2) is 36.0 Å². The Morgan fingerprint density at radius 3 is 2.84 bits per heavy atom. The second-order valence-corrected chi connectivity index (χ2v) is 7.92. The van der Waals surface area contributed by atoms with Crippen LogP contribution < -0.4 is 5.48 Å². The van der Waals surface area contributed by atoms with Gasteiger partial charge in [-0.25, -0.2) is 5.48 Å². The molecule has 5 nitrogen and oxygen atoms in total. The number of likely N-dealkylation sites (tertiary alicyclic amines) is 1. The van der Waals surface area contributed by atoms with E-state index in [9.17, 15) is 9.59 Å². The third-order valence-electron chi connectivity index (χ3n) is 5.81. The monoisotopic (exact) mass is 344 g/mol. The molecule has 25 heavy (non-hydrogen) atoms. The molecule has 0 bridgehead atoms. The van der Waals surface area contributed by atoms with Gasteiger partial charge in [-0.1, -0.05) is 30.7 Å². The zero-order valence-electron chi connectivity index (χ0n) is 14.8. The average molecular weight is 344 g/mol. The molecular formula is C20H28N2O3. The van der Waals surface area contributed by atoms with Crippen molar-refractivity contribution < 1.29 is 14.8 Å². The van der Waals surface area contributed by atoms with Crippen LogP contribution >= 0.6 is 0 Å². The Morgan fingerprint density at radius 2 is 2.16 bits per heavy atom. The van der Waals surface area contributed by atoms with Gasteiger partial charge in [-0.2, -0.15) is 0 Å². The average Bonchev–Trinajstić information content (AvgIpc) is 2.84. The van der Waals surface area contributed by atoms with Gasteiger partial charge in [0.15, 0.2) is 0 Å². The highest BCUT2D eigenvalue weighted by Gasteiger charge is 2.43. The van der Waals surface area contributed by atoms with Crippen LogP contribution in [0.4, 0.5) is 0 Å². The fourth-order valence-corrected chi connectivity index (χ4v) is 4.32. The molecule has 0 aromatic heterocycles. The SMILES string of the molecule is C=C1/C=C(C(=O)NO)\C=C/CCCC2(C1)CC(=O)N(CC1CCC1)C2. The molecule has 1 saturated heterocycles. The van der Waals surface area contributed by atoms with E-state index in [2.05, 4.69) is 11.5 Å². The largest absolute Gasteiger partial charge is 0.342 e. The Bertz CT molecular complexity index is 618. The van der Waals surface area contributed by atoms with Crippen molar-refractivity contribution >= 4 is 11.8 Å². The summed E-state index contributed by atoms with van der Waals surface area (Å²) in [5.41, 5.74) is 2.86. The summed E-state index contributed by atoms with van der Waals surface area (Å²) in [7, 11) is 0. The number of carbonyl (C=O) groups excluding carboxylic acids is 2. The Labute approximate surface area is 149 Å². The van der Waals surface area contributed by atoms with Gasteiger partial charge in [0.2, 0.25) is 5.91 Å². The van der Waals surface area contributed by atoms with Crippen molar-refractivity contribution in [3.8, 4) is 0 Å². The molecule has 0 aromatic rings. The first-order valence-electron chi connectivity index (χ1n) is 9.30. The van der Waals surface area contributed by atoms with Gasteiger partial charge < -0.3 is 4.90 Å². The summed E-state index contributed by atoms with van der Waals surface area (Å²) in [4.78, 5) is 26.4. The molecule has 1 spiro atoms. The topological polar surface area (TPSA) is 69.6 Å². The standard InChI is InChI=1S/C20H28N2O3/c1-15-10-17(19(24)21-25)8-3-2-4-9-20(11-15)12-18(23)22(14-20)13-16-6-5-7-16/h3,8,10,16,25H,1-2,4-7,9,11-14H2,(H,21,24)/b8-3-,17-10+. The predicted octanol–water partition coefficient (Wildman–Crippen LogP) is 3.12. The fourth-order valence-electron chi connectivity index (χ4n) is 4.32. The summed E-state index contributed by atoms with van der Waals surface area (Å²) < 4.78 is 0. The molecule has 5 heteroatoms. The Hall–Kier alpha value is -1.88. The first-order chi connectivity index (χ1) is 12.0. The minimum Gasteiger partial charge on any atom is -0.342 e. The second kappa shape index (κ2) is 7.56. The number of carbonyl (C=O) groups is 2.